The van der Waals surface area contributed by atoms with Gasteiger partial charge in [0.25, 0.3) is 15.9 Å². The summed E-state index contributed by atoms with van der Waals surface area (Å²) in [6.07, 6.45) is 0. The monoisotopic (exact) mass is 390 g/mol. The molecule has 0 heterocycles. The molecule has 6 nitrogen and oxygen atoms in total. The van der Waals surface area contributed by atoms with Crippen molar-refractivity contribution in [2.75, 3.05) is 18.4 Å². The SMILES string of the molecule is COC[C@H](C)NC(=O)c1ccc(C)c(S(=O)(=O)Nc2ccc(C)cc2C)c1. The van der Waals surface area contributed by atoms with Crippen LogP contribution in [0.15, 0.2) is 41.3 Å². The lowest BCUT2D eigenvalue weighted by atomic mass is 10.1. The molecule has 7 heteroatoms. The molecular weight excluding hydrogens is 364 g/mol. The fourth-order valence-electron chi connectivity index (χ4n) is 2.76. The molecule has 0 saturated carbocycles. The number of carbonyl (C=O) groups is 1. The molecule has 0 aromatic heterocycles. The Bertz CT molecular complexity index is 939. The van der Waals surface area contributed by atoms with Gasteiger partial charge < -0.3 is 10.1 Å². The predicted octanol–water partition coefficient (Wildman–Crippen LogP) is 3.18. The molecule has 0 fully saturated rings. The lowest BCUT2D eigenvalue weighted by Gasteiger charge is -2.15. The number of aryl methyl sites for hydroxylation is 3. The van der Waals surface area contributed by atoms with Gasteiger partial charge in [-0.3, -0.25) is 9.52 Å². The lowest BCUT2D eigenvalue weighted by Crippen LogP contribution is -2.35. The summed E-state index contributed by atoms with van der Waals surface area (Å²) in [7, 11) is -2.28. The molecule has 0 saturated heterocycles. The Hall–Kier alpha value is -2.38. The van der Waals surface area contributed by atoms with Crippen molar-refractivity contribution >= 4 is 21.6 Å². The molecule has 0 radical (unpaired) electrons. The fourth-order valence-corrected chi connectivity index (χ4v) is 4.16. The third-order valence-electron chi connectivity index (χ3n) is 4.16. The molecular formula is C20H26N2O4S. The molecule has 2 aromatic carbocycles. The lowest BCUT2D eigenvalue weighted by molar-refractivity contribution is 0.0905. The highest BCUT2D eigenvalue weighted by Gasteiger charge is 2.20. The van der Waals surface area contributed by atoms with Crippen LogP contribution in [0.2, 0.25) is 0 Å². The number of sulfonamides is 1. The number of methoxy groups -OCH3 is 1. The zero-order chi connectivity index (χ0) is 20.2. The zero-order valence-corrected chi connectivity index (χ0v) is 17.1. The van der Waals surface area contributed by atoms with Crippen LogP contribution in [0.5, 0.6) is 0 Å². The Kier molecular flexibility index (Phi) is 6.62. The van der Waals surface area contributed by atoms with Gasteiger partial charge in [-0.15, -0.1) is 0 Å². The topological polar surface area (TPSA) is 84.5 Å². The molecule has 2 aromatic rings. The van der Waals surface area contributed by atoms with Crippen LogP contribution in [0, 0.1) is 20.8 Å². The molecule has 2 N–H and O–H groups in total. The minimum Gasteiger partial charge on any atom is -0.383 e. The molecule has 27 heavy (non-hydrogen) atoms. The van der Waals surface area contributed by atoms with E-state index < -0.39 is 10.0 Å². The Morgan fingerprint density at radius 1 is 1.07 bits per heavy atom. The second-order valence-corrected chi connectivity index (χ2v) is 8.38. The maximum absolute atomic E-state index is 12.9. The second-order valence-electron chi connectivity index (χ2n) is 6.73. The molecule has 1 atom stereocenters. The van der Waals surface area contributed by atoms with Crippen molar-refractivity contribution in [3.63, 3.8) is 0 Å². The Balaban J connectivity index is 2.32. The van der Waals surface area contributed by atoms with Crippen LogP contribution >= 0.6 is 0 Å². The molecule has 0 aliphatic carbocycles. The van der Waals surface area contributed by atoms with Crippen LogP contribution in [0.3, 0.4) is 0 Å². The highest BCUT2D eigenvalue weighted by Crippen LogP contribution is 2.23. The number of anilines is 1. The van der Waals surface area contributed by atoms with Gasteiger partial charge in [0, 0.05) is 18.7 Å². The number of hydrogen-bond acceptors (Lipinski definition) is 4. The van der Waals surface area contributed by atoms with Gasteiger partial charge in [0.1, 0.15) is 0 Å². The number of ether oxygens (including phenoxy) is 1. The van der Waals surface area contributed by atoms with E-state index in [1.165, 1.54) is 6.07 Å². The second kappa shape index (κ2) is 8.54. The Morgan fingerprint density at radius 3 is 2.41 bits per heavy atom. The van der Waals surface area contributed by atoms with Crippen molar-refractivity contribution in [2.45, 2.75) is 38.6 Å². The smallest absolute Gasteiger partial charge is 0.262 e. The largest absolute Gasteiger partial charge is 0.383 e. The van der Waals surface area contributed by atoms with Gasteiger partial charge in [0.05, 0.1) is 17.2 Å². The van der Waals surface area contributed by atoms with E-state index in [-0.39, 0.29) is 22.4 Å². The number of benzene rings is 2. The van der Waals surface area contributed by atoms with Crippen molar-refractivity contribution < 1.29 is 17.9 Å². The number of nitrogens with one attached hydrogen (secondary N) is 2. The van der Waals surface area contributed by atoms with E-state index in [0.29, 0.717) is 17.9 Å². The molecule has 1 amide bonds. The van der Waals surface area contributed by atoms with Gasteiger partial charge >= 0.3 is 0 Å². The van der Waals surface area contributed by atoms with Crippen molar-refractivity contribution in [1.82, 2.24) is 5.32 Å². The highest BCUT2D eigenvalue weighted by molar-refractivity contribution is 7.92. The molecule has 2 rings (SSSR count). The summed E-state index contributed by atoms with van der Waals surface area (Å²) >= 11 is 0. The van der Waals surface area contributed by atoms with Crippen LogP contribution < -0.4 is 10.0 Å². The van der Waals surface area contributed by atoms with Gasteiger partial charge in [0.15, 0.2) is 0 Å². The summed E-state index contributed by atoms with van der Waals surface area (Å²) in [5, 5.41) is 2.78. The maximum atomic E-state index is 12.9. The number of amides is 1. The van der Waals surface area contributed by atoms with E-state index in [0.717, 1.165) is 11.1 Å². The summed E-state index contributed by atoms with van der Waals surface area (Å²) in [4.78, 5) is 12.5. The predicted molar refractivity (Wildman–Crippen MR) is 107 cm³/mol. The van der Waals surface area contributed by atoms with E-state index in [1.807, 2.05) is 32.9 Å². The average Bonchev–Trinajstić information content (AvgIpc) is 2.57. The van der Waals surface area contributed by atoms with Gasteiger partial charge in [-0.2, -0.15) is 0 Å². The van der Waals surface area contributed by atoms with Crippen LogP contribution in [0.1, 0.15) is 34.0 Å². The molecule has 0 aliphatic heterocycles. The van der Waals surface area contributed by atoms with E-state index in [4.69, 9.17) is 4.74 Å². The molecule has 146 valence electrons. The first-order valence-electron chi connectivity index (χ1n) is 8.64. The molecule has 0 unspecified atom stereocenters. The zero-order valence-electron chi connectivity index (χ0n) is 16.3. The highest BCUT2D eigenvalue weighted by atomic mass is 32.2. The number of hydrogen-bond donors (Lipinski definition) is 2. The minimum atomic E-state index is -3.83. The first-order chi connectivity index (χ1) is 12.6. The molecule has 0 bridgehead atoms. The van der Waals surface area contributed by atoms with Crippen LogP contribution in [-0.4, -0.2) is 34.1 Å². The fraction of sp³-hybridized carbons (Fsp3) is 0.350. The Labute approximate surface area is 161 Å². The number of carbonyl (C=O) groups excluding carboxylic acids is 1. The molecule has 0 spiro atoms. The van der Waals surface area contributed by atoms with Gasteiger partial charge in [-0.05, 0) is 57.0 Å². The van der Waals surface area contributed by atoms with E-state index >= 15 is 0 Å². The summed E-state index contributed by atoms with van der Waals surface area (Å²) < 4.78 is 33.4. The summed E-state index contributed by atoms with van der Waals surface area (Å²) in [5.74, 6) is -0.345. The summed E-state index contributed by atoms with van der Waals surface area (Å²) in [6, 6.07) is 9.95. The summed E-state index contributed by atoms with van der Waals surface area (Å²) in [5.41, 5.74) is 3.25. The summed E-state index contributed by atoms with van der Waals surface area (Å²) in [6.45, 7) is 7.68. The third-order valence-corrected chi connectivity index (χ3v) is 5.67. The van der Waals surface area contributed by atoms with Crippen LogP contribution in [0.25, 0.3) is 0 Å². The van der Waals surface area contributed by atoms with Crippen molar-refractivity contribution in [3.05, 3.63) is 58.7 Å². The van der Waals surface area contributed by atoms with Crippen molar-refractivity contribution in [3.8, 4) is 0 Å². The van der Waals surface area contributed by atoms with Crippen molar-refractivity contribution in [2.24, 2.45) is 0 Å². The van der Waals surface area contributed by atoms with Crippen LogP contribution in [0.4, 0.5) is 5.69 Å². The number of rotatable bonds is 7. The van der Waals surface area contributed by atoms with Gasteiger partial charge in [0.2, 0.25) is 0 Å². The average molecular weight is 391 g/mol. The van der Waals surface area contributed by atoms with E-state index in [2.05, 4.69) is 10.0 Å². The first-order valence-corrected chi connectivity index (χ1v) is 10.1. The normalized spacial score (nSPS) is 12.5. The first kappa shape index (κ1) is 20.9. The Morgan fingerprint density at radius 2 is 1.78 bits per heavy atom. The third kappa shape index (κ3) is 5.30. The molecule has 0 aliphatic rings. The maximum Gasteiger partial charge on any atom is 0.262 e. The quantitative estimate of drug-likeness (QED) is 0.760. The standard InChI is InChI=1S/C20H26N2O4S/c1-13-6-9-18(15(3)10-13)22-27(24,25)19-11-17(8-7-14(19)2)20(23)21-16(4)12-26-5/h6-11,16,22H,12H2,1-5H3,(H,21,23)/t16-/m0/s1. The van der Waals surface area contributed by atoms with E-state index in [9.17, 15) is 13.2 Å². The van der Waals surface area contributed by atoms with Gasteiger partial charge in [-0.1, -0.05) is 23.8 Å². The van der Waals surface area contributed by atoms with E-state index in [1.54, 1.807) is 32.2 Å². The van der Waals surface area contributed by atoms with Gasteiger partial charge in [-0.25, -0.2) is 8.42 Å². The minimum absolute atomic E-state index is 0.0783. The van der Waals surface area contributed by atoms with Crippen LogP contribution in [-0.2, 0) is 14.8 Å². The van der Waals surface area contributed by atoms with Crippen molar-refractivity contribution in [1.29, 1.82) is 0 Å².